The first kappa shape index (κ1) is 24.6. The molecule has 4 rings (SSSR count). The van der Waals surface area contributed by atoms with E-state index in [2.05, 4.69) is 10.6 Å². The van der Waals surface area contributed by atoms with Crippen molar-refractivity contribution in [2.75, 3.05) is 6.61 Å². The van der Waals surface area contributed by atoms with E-state index in [0.717, 1.165) is 22.3 Å². The van der Waals surface area contributed by atoms with Crippen molar-refractivity contribution in [1.29, 1.82) is 0 Å². The average molecular weight is 487 g/mol. The van der Waals surface area contributed by atoms with Crippen LogP contribution in [0, 0.1) is 5.41 Å². The Labute approximate surface area is 201 Å². The summed E-state index contributed by atoms with van der Waals surface area (Å²) in [5.74, 6) is -2.31. The monoisotopic (exact) mass is 486 g/mol. The lowest BCUT2D eigenvalue weighted by Gasteiger charge is -2.32. The van der Waals surface area contributed by atoms with Crippen LogP contribution in [0.25, 0.3) is 11.1 Å². The smallest absolute Gasteiger partial charge is 0.407 e. The van der Waals surface area contributed by atoms with E-state index in [1.807, 2.05) is 48.5 Å². The average Bonchev–Trinajstić information content (AvgIpc) is 3.35. The van der Waals surface area contributed by atoms with Gasteiger partial charge in [0.1, 0.15) is 12.6 Å². The van der Waals surface area contributed by atoms with Crippen molar-refractivity contribution in [1.82, 2.24) is 10.6 Å². The van der Waals surface area contributed by atoms with Crippen LogP contribution >= 0.6 is 0 Å². The van der Waals surface area contributed by atoms with Crippen LogP contribution in [-0.4, -0.2) is 48.2 Å². The highest BCUT2D eigenvalue weighted by Gasteiger charge is 2.47. The number of carbonyl (C=O) groups excluding carboxylic acids is 2. The molecule has 0 saturated heterocycles. The lowest BCUT2D eigenvalue weighted by molar-refractivity contribution is -0.145. The Morgan fingerprint density at radius 1 is 1.09 bits per heavy atom. The van der Waals surface area contributed by atoms with E-state index in [9.17, 15) is 28.3 Å². The highest BCUT2D eigenvalue weighted by atomic mass is 19.3. The maximum absolute atomic E-state index is 12.9. The zero-order valence-corrected chi connectivity index (χ0v) is 19.3. The Morgan fingerprint density at radius 2 is 1.69 bits per heavy atom. The molecule has 35 heavy (non-hydrogen) atoms. The molecule has 3 unspecified atom stereocenters. The fourth-order valence-corrected chi connectivity index (χ4v) is 5.17. The third-order valence-corrected chi connectivity index (χ3v) is 7.13. The first-order valence-electron chi connectivity index (χ1n) is 11.6. The third-order valence-electron chi connectivity index (χ3n) is 7.13. The lowest BCUT2D eigenvalue weighted by Crippen LogP contribution is -2.54. The summed E-state index contributed by atoms with van der Waals surface area (Å²) in [5.41, 5.74) is 3.22. The van der Waals surface area contributed by atoms with Crippen LogP contribution in [0.2, 0.25) is 0 Å². The summed E-state index contributed by atoms with van der Waals surface area (Å²) < 4.78 is 31.0. The zero-order chi connectivity index (χ0) is 25.2. The quantitative estimate of drug-likeness (QED) is 0.516. The van der Waals surface area contributed by atoms with Gasteiger partial charge in [-0.05, 0) is 42.0 Å². The second-order valence-corrected chi connectivity index (χ2v) is 9.32. The highest BCUT2D eigenvalue weighted by molar-refractivity contribution is 5.88. The van der Waals surface area contributed by atoms with Gasteiger partial charge in [0.05, 0.1) is 5.41 Å². The molecule has 0 aromatic heterocycles. The maximum atomic E-state index is 12.9. The number of aliphatic carboxylic acids is 1. The first-order valence-corrected chi connectivity index (χ1v) is 11.6. The number of rotatable bonds is 8. The number of hydrogen-bond acceptors (Lipinski definition) is 4. The molecule has 2 aliphatic rings. The summed E-state index contributed by atoms with van der Waals surface area (Å²) in [5, 5.41) is 14.2. The maximum Gasteiger partial charge on any atom is 0.407 e. The van der Waals surface area contributed by atoms with Gasteiger partial charge in [-0.1, -0.05) is 55.0 Å². The molecule has 2 aliphatic carbocycles. The van der Waals surface area contributed by atoms with Crippen LogP contribution in [-0.2, 0) is 14.3 Å². The summed E-state index contributed by atoms with van der Waals surface area (Å²) in [6, 6.07) is 13.6. The van der Waals surface area contributed by atoms with Gasteiger partial charge in [-0.15, -0.1) is 0 Å². The number of alkyl halides is 2. The topological polar surface area (TPSA) is 105 Å². The number of hydrogen-bond donors (Lipinski definition) is 3. The summed E-state index contributed by atoms with van der Waals surface area (Å²) in [6.45, 7) is 1.72. The van der Waals surface area contributed by atoms with Crippen LogP contribution in [0.4, 0.5) is 13.6 Å². The minimum Gasteiger partial charge on any atom is -0.480 e. The van der Waals surface area contributed by atoms with Crippen molar-refractivity contribution in [3.63, 3.8) is 0 Å². The summed E-state index contributed by atoms with van der Waals surface area (Å²) in [7, 11) is 0. The van der Waals surface area contributed by atoms with Gasteiger partial charge in [-0.25, -0.2) is 18.4 Å². The Balaban J connectivity index is 1.40. The molecule has 0 bridgehead atoms. The van der Waals surface area contributed by atoms with Crippen molar-refractivity contribution >= 4 is 18.0 Å². The predicted molar refractivity (Wildman–Crippen MR) is 124 cm³/mol. The SMILES string of the molecule is CC1(C(=O)NC(CC(F)F)C(=O)O)CCCC1NC(=O)OCC1c2ccccc2-c2ccccc21. The van der Waals surface area contributed by atoms with Crippen LogP contribution < -0.4 is 10.6 Å². The molecule has 7 nitrogen and oxygen atoms in total. The molecule has 0 radical (unpaired) electrons. The second kappa shape index (κ2) is 10.0. The second-order valence-electron chi connectivity index (χ2n) is 9.32. The van der Waals surface area contributed by atoms with Gasteiger partial charge in [-0.2, -0.15) is 0 Å². The number of fused-ring (bicyclic) bond motifs is 3. The highest BCUT2D eigenvalue weighted by Crippen LogP contribution is 2.44. The van der Waals surface area contributed by atoms with Crippen LogP contribution in [0.3, 0.4) is 0 Å². The van der Waals surface area contributed by atoms with Gasteiger partial charge in [-0.3, -0.25) is 4.79 Å². The van der Waals surface area contributed by atoms with E-state index in [4.69, 9.17) is 4.74 Å². The minimum atomic E-state index is -2.87. The van der Waals surface area contributed by atoms with E-state index in [1.54, 1.807) is 6.92 Å². The fraction of sp³-hybridized carbons (Fsp3) is 0.423. The van der Waals surface area contributed by atoms with Gasteiger partial charge < -0.3 is 20.5 Å². The minimum absolute atomic E-state index is 0.114. The summed E-state index contributed by atoms with van der Waals surface area (Å²) in [4.78, 5) is 36.9. The number of alkyl carbamates (subject to hydrolysis) is 1. The molecule has 0 spiro atoms. The number of amides is 2. The van der Waals surface area contributed by atoms with Crippen molar-refractivity contribution in [3.8, 4) is 11.1 Å². The number of carboxylic acids is 1. The van der Waals surface area contributed by atoms with Crippen molar-refractivity contribution in [3.05, 3.63) is 59.7 Å². The molecule has 1 fully saturated rings. The number of halogens is 2. The molecular weight excluding hydrogens is 458 g/mol. The van der Waals surface area contributed by atoms with E-state index in [0.29, 0.717) is 19.3 Å². The van der Waals surface area contributed by atoms with Crippen molar-refractivity contribution < 1.29 is 33.0 Å². The standard InChI is InChI=1S/C26H28F2N2O5/c1-26(24(33)29-20(23(31)32)13-22(27)28)12-6-11-21(26)30-25(34)35-14-19-17-9-4-2-7-15(17)16-8-3-5-10-18(16)19/h2-5,7-10,19-22H,6,11-14H2,1H3,(H,29,33)(H,30,34)(H,31,32). The van der Waals surface area contributed by atoms with E-state index >= 15 is 0 Å². The number of carbonyl (C=O) groups is 3. The van der Waals surface area contributed by atoms with Gasteiger partial charge in [0, 0.05) is 18.4 Å². The van der Waals surface area contributed by atoms with E-state index in [1.165, 1.54) is 0 Å². The third kappa shape index (κ3) is 4.99. The Morgan fingerprint density at radius 3 is 2.26 bits per heavy atom. The van der Waals surface area contributed by atoms with E-state index < -0.39 is 48.3 Å². The Hall–Kier alpha value is -3.49. The molecule has 3 N–H and O–H groups in total. The molecule has 186 valence electrons. The van der Waals surface area contributed by atoms with Gasteiger partial charge in [0.15, 0.2) is 0 Å². The molecule has 2 amide bonds. The molecule has 0 aliphatic heterocycles. The molecule has 1 saturated carbocycles. The van der Waals surface area contributed by atoms with Gasteiger partial charge in [0.2, 0.25) is 12.3 Å². The first-order chi connectivity index (χ1) is 16.7. The summed E-state index contributed by atoms with van der Waals surface area (Å²) in [6.07, 6.45) is -3.05. The summed E-state index contributed by atoms with van der Waals surface area (Å²) >= 11 is 0. The Kier molecular flexibility index (Phi) is 7.05. The number of nitrogens with one attached hydrogen (secondary N) is 2. The zero-order valence-electron chi connectivity index (χ0n) is 19.3. The number of ether oxygens (including phenoxy) is 1. The van der Waals surface area contributed by atoms with Crippen LogP contribution in [0.1, 0.15) is 49.7 Å². The Bertz CT molecular complexity index is 1080. The number of benzene rings is 2. The molecule has 0 heterocycles. The lowest BCUT2D eigenvalue weighted by atomic mass is 9.83. The van der Waals surface area contributed by atoms with E-state index in [-0.39, 0.29) is 12.5 Å². The van der Waals surface area contributed by atoms with Gasteiger partial charge in [0.25, 0.3) is 0 Å². The van der Waals surface area contributed by atoms with Crippen molar-refractivity contribution in [2.24, 2.45) is 5.41 Å². The van der Waals surface area contributed by atoms with Crippen LogP contribution in [0.15, 0.2) is 48.5 Å². The molecule has 2 aromatic rings. The number of carboxylic acid groups (broad SMARTS) is 1. The molecular formula is C26H28F2N2O5. The normalized spacial score (nSPS) is 21.8. The predicted octanol–water partition coefficient (Wildman–Crippen LogP) is 4.31. The van der Waals surface area contributed by atoms with Gasteiger partial charge >= 0.3 is 12.1 Å². The molecule has 2 aromatic carbocycles. The molecule has 9 heteroatoms. The fourth-order valence-electron chi connectivity index (χ4n) is 5.17. The largest absolute Gasteiger partial charge is 0.480 e. The van der Waals surface area contributed by atoms with Crippen molar-refractivity contribution in [2.45, 2.75) is 57.0 Å². The van der Waals surface area contributed by atoms with Crippen LogP contribution in [0.5, 0.6) is 0 Å². The molecule has 3 atom stereocenters.